The number of carbonyl (C=O) groups excluding carboxylic acids is 1. The zero-order valence-electron chi connectivity index (χ0n) is 15.2. The van der Waals surface area contributed by atoms with E-state index in [0.717, 1.165) is 51.3 Å². The highest BCUT2D eigenvalue weighted by molar-refractivity contribution is 6.30. The van der Waals surface area contributed by atoms with E-state index >= 15 is 0 Å². The summed E-state index contributed by atoms with van der Waals surface area (Å²) in [6.07, 6.45) is 4.31. The van der Waals surface area contributed by atoms with Gasteiger partial charge in [-0.05, 0) is 62.2 Å². The topological polar surface area (TPSA) is 42.4 Å². The molecule has 2 aromatic rings. The third-order valence-electron chi connectivity index (χ3n) is 4.74. The Morgan fingerprint density at radius 2 is 1.92 bits per heavy atom. The molecular formula is C21H25ClN2O2. The summed E-state index contributed by atoms with van der Waals surface area (Å²) in [5.41, 5.74) is 1.80. The van der Waals surface area contributed by atoms with Gasteiger partial charge in [-0.25, -0.2) is 0 Å². The van der Waals surface area contributed by atoms with Crippen molar-refractivity contribution in [1.29, 1.82) is 0 Å². The van der Waals surface area contributed by atoms with Gasteiger partial charge in [0.15, 0.2) is 5.78 Å². The Morgan fingerprint density at radius 1 is 1.19 bits per heavy atom. The maximum Gasteiger partial charge on any atom is 0.184 e. The van der Waals surface area contributed by atoms with E-state index in [1.165, 1.54) is 11.8 Å². The number of hydrogen-bond acceptors (Lipinski definition) is 4. The van der Waals surface area contributed by atoms with Crippen molar-refractivity contribution in [2.24, 2.45) is 5.92 Å². The Hall–Kier alpha value is -1.91. The molecule has 0 unspecified atom stereocenters. The van der Waals surface area contributed by atoms with E-state index in [9.17, 15) is 4.79 Å². The maximum absolute atomic E-state index is 12.6. The molecule has 1 aliphatic heterocycles. The summed E-state index contributed by atoms with van der Waals surface area (Å²) in [6, 6.07) is 11.8. The van der Waals surface area contributed by atoms with Gasteiger partial charge in [-0.2, -0.15) is 0 Å². The van der Waals surface area contributed by atoms with Crippen LogP contribution in [0.4, 0.5) is 0 Å². The molecule has 1 saturated heterocycles. The maximum atomic E-state index is 12.6. The van der Waals surface area contributed by atoms with Crippen LogP contribution in [0.5, 0.6) is 5.75 Å². The Morgan fingerprint density at radius 3 is 2.54 bits per heavy atom. The minimum Gasteiger partial charge on any atom is -0.494 e. The van der Waals surface area contributed by atoms with Gasteiger partial charge >= 0.3 is 0 Å². The first-order chi connectivity index (χ1) is 12.7. The van der Waals surface area contributed by atoms with E-state index in [4.69, 9.17) is 16.3 Å². The molecule has 0 atom stereocenters. The summed E-state index contributed by atoms with van der Waals surface area (Å²) < 4.78 is 5.62. The minimum absolute atomic E-state index is 0.0599. The zero-order valence-corrected chi connectivity index (χ0v) is 15.9. The fraction of sp³-hybridized carbons (Fsp3) is 0.429. The van der Waals surface area contributed by atoms with Gasteiger partial charge in [-0.3, -0.25) is 14.7 Å². The fourth-order valence-corrected chi connectivity index (χ4v) is 3.36. The van der Waals surface area contributed by atoms with Crippen LogP contribution in [0.15, 0.2) is 42.6 Å². The van der Waals surface area contributed by atoms with Crippen molar-refractivity contribution in [1.82, 2.24) is 9.88 Å². The molecule has 5 heteroatoms. The number of hydrogen-bond donors (Lipinski definition) is 0. The van der Waals surface area contributed by atoms with Crippen LogP contribution in [-0.2, 0) is 6.54 Å². The van der Waals surface area contributed by atoms with E-state index in [-0.39, 0.29) is 11.7 Å². The highest BCUT2D eigenvalue weighted by Gasteiger charge is 2.26. The number of ether oxygens (including phenoxy) is 1. The van der Waals surface area contributed by atoms with E-state index in [1.54, 1.807) is 12.1 Å². The van der Waals surface area contributed by atoms with Crippen LogP contribution in [0.25, 0.3) is 0 Å². The summed E-state index contributed by atoms with van der Waals surface area (Å²) in [5, 5.41) is 0.558. The second kappa shape index (κ2) is 9.15. The van der Waals surface area contributed by atoms with Crippen molar-refractivity contribution in [2.45, 2.75) is 32.7 Å². The highest BCUT2D eigenvalue weighted by atomic mass is 35.5. The molecule has 4 nitrogen and oxygen atoms in total. The van der Waals surface area contributed by atoms with Crippen LogP contribution < -0.4 is 4.74 Å². The van der Waals surface area contributed by atoms with Crippen molar-refractivity contribution < 1.29 is 9.53 Å². The quantitative estimate of drug-likeness (QED) is 0.665. The second-order valence-corrected chi connectivity index (χ2v) is 7.21. The first kappa shape index (κ1) is 18.9. The van der Waals surface area contributed by atoms with Crippen LogP contribution in [0.3, 0.4) is 0 Å². The normalized spacial score (nSPS) is 15.8. The van der Waals surface area contributed by atoms with Gasteiger partial charge in [0.25, 0.3) is 0 Å². The average molecular weight is 373 g/mol. The second-order valence-electron chi connectivity index (χ2n) is 6.77. The molecule has 0 radical (unpaired) electrons. The number of rotatable bonds is 7. The number of piperidine rings is 1. The van der Waals surface area contributed by atoms with Gasteiger partial charge in [-0.15, -0.1) is 0 Å². The molecule has 1 aromatic carbocycles. The zero-order chi connectivity index (χ0) is 18.4. The third kappa shape index (κ3) is 5.05. The molecule has 1 aromatic heterocycles. The number of aromatic nitrogens is 1. The smallest absolute Gasteiger partial charge is 0.184 e. The monoisotopic (exact) mass is 372 g/mol. The van der Waals surface area contributed by atoms with Crippen LogP contribution in [0.2, 0.25) is 5.02 Å². The highest BCUT2D eigenvalue weighted by Crippen LogP contribution is 2.23. The van der Waals surface area contributed by atoms with E-state index in [0.29, 0.717) is 10.7 Å². The van der Waals surface area contributed by atoms with E-state index < -0.39 is 0 Å². The molecule has 1 aliphatic rings. The predicted molar refractivity (Wildman–Crippen MR) is 104 cm³/mol. The lowest BCUT2D eigenvalue weighted by molar-refractivity contribution is 0.0829. The number of nitrogens with zero attached hydrogens (tertiary/aromatic N) is 2. The summed E-state index contributed by atoms with van der Waals surface area (Å²) in [7, 11) is 0. The molecule has 0 saturated carbocycles. The molecule has 0 bridgehead atoms. The number of benzene rings is 1. The van der Waals surface area contributed by atoms with Crippen LogP contribution in [-0.4, -0.2) is 35.4 Å². The molecule has 0 aliphatic carbocycles. The largest absolute Gasteiger partial charge is 0.494 e. The predicted octanol–water partition coefficient (Wildman–Crippen LogP) is 4.62. The Labute approximate surface area is 160 Å². The Bertz CT molecular complexity index is 708. The SMILES string of the molecule is CCCOc1ccc(CN2CCC(C(=O)c3ccc(Cl)cn3)CC2)cc1. The van der Waals surface area contributed by atoms with E-state index in [2.05, 4.69) is 28.9 Å². The Balaban J connectivity index is 1.49. The lowest BCUT2D eigenvalue weighted by atomic mass is 9.90. The first-order valence-corrected chi connectivity index (χ1v) is 9.63. The molecule has 0 amide bonds. The number of ketones is 1. The lowest BCUT2D eigenvalue weighted by Crippen LogP contribution is -2.36. The standard InChI is InChI=1S/C21H25ClN2O2/c1-2-13-26-19-6-3-16(4-7-19)15-24-11-9-17(10-12-24)21(25)20-8-5-18(22)14-23-20/h3-8,14,17H,2,9-13,15H2,1H3. The molecule has 1 fully saturated rings. The van der Waals surface area contributed by atoms with Crippen LogP contribution in [0, 0.1) is 5.92 Å². The molecule has 0 spiro atoms. The van der Waals surface area contributed by atoms with Gasteiger partial charge in [0, 0.05) is 18.7 Å². The van der Waals surface area contributed by atoms with Crippen LogP contribution in [0.1, 0.15) is 42.2 Å². The average Bonchev–Trinajstić information content (AvgIpc) is 2.68. The van der Waals surface area contributed by atoms with Crippen molar-refractivity contribution in [3.63, 3.8) is 0 Å². The number of Topliss-reactive ketones (excluding diaryl/α,β-unsaturated/α-hetero) is 1. The third-order valence-corrected chi connectivity index (χ3v) is 4.96. The molecule has 0 N–H and O–H groups in total. The fourth-order valence-electron chi connectivity index (χ4n) is 3.25. The number of pyridine rings is 1. The lowest BCUT2D eigenvalue weighted by Gasteiger charge is -2.31. The number of halogens is 1. The van der Waals surface area contributed by atoms with Gasteiger partial charge < -0.3 is 4.74 Å². The van der Waals surface area contributed by atoms with Gasteiger partial charge in [0.2, 0.25) is 0 Å². The Kier molecular flexibility index (Phi) is 6.64. The van der Waals surface area contributed by atoms with Gasteiger partial charge in [0.1, 0.15) is 11.4 Å². The number of likely N-dealkylation sites (tertiary alicyclic amines) is 1. The van der Waals surface area contributed by atoms with Crippen molar-refractivity contribution in [3.05, 3.63) is 58.9 Å². The molecule has 2 heterocycles. The molecule has 138 valence electrons. The molecule has 3 rings (SSSR count). The van der Waals surface area contributed by atoms with Crippen LogP contribution >= 0.6 is 11.6 Å². The van der Waals surface area contributed by atoms with Crippen molar-refractivity contribution in [3.8, 4) is 5.75 Å². The van der Waals surface area contributed by atoms with Crippen molar-refractivity contribution >= 4 is 17.4 Å². The van der Waals surface area contributed by atoms with Crippen molar-refractivity contribution in [2.75, 3.05) is 19.7 Å². The summed E-state index contributed by atoms with van der Waals surface area (Å²) in [4.78, 5) is 19.1. The molecule has 26 heavy (non-hydrogen) atoms. The van der Waals surface area contributed by atoms with Gasteiger partial charge in [0.05, 0.1) is 11.6 Å². The first-order valence-electron chi connectivity index (χ1n) is 9.25. The van der Waals surface area contributed by atoms with Gasteiger partial charge in [-0.1, -0.05) is 30.7 Å². The molecular weight excluding hydrogens is 348 g/mol. The summed E-state index contributed by atoms with van der Waals surface area (Å²) >= 11 is 5.84. The number of carbonyl (C=O) groups is 1. The summed E-state index contributed by atoms with van der Waals surface area (Å²) in [5.74, 6) is 1.12. The minimum atomic E-state index is 0.0599. The van der Waals surface area contributed by atoms with E-state index in [1.807, 2.05) is 12.1 Å². The summed E-state index contributed by atoms with van der Waals surface area (Å²) in [6.45, 7) is 5.62.